The minimum Gasteiger partial charge on any atom is -0.478 e. The van der Waals surface area contributed by atoms with E-state index in [1.165, 1.54) is 17.5 Å². The molecule has 3 aromatic heterocycles. The number of thiazole rings is 1. The maximum absolute atomic E-state index is 13.0. The van der Waals surface area contributed by atoms with E-state index in [9.17, 15) is 14.7 Å². The van der Waals surface area contributed by atoms with Gasteiger partial charge in [-0.1, -0.05) is 23.7 Å². The molecule has 7 nitrogen and oxygen atoms in total. The van der Waals surface area contributed by atoms with Crippen molar-refractivity contribution in [3.05, 3.63) is 88.8 Å². The Kier molecular flexibility index (Phi) is 7.74. The molecule has 5 rings (SSSR count). The van der Waals surface area contributed by atoms with Gasteiger partial charge in [0.1, 0.15) is 11.1 Å². The average Bonchev–Trinajstić information content (AvgIpc) is 3.35. The number of halogens is 1. The molecule has 0 saturated carbocycles. The number of fused-ring (bicyclic) bond motifs is 1. The fourth-order valence-corrected chi connectivity index (χ4v) is 5.94. The summed E-state index contributed by atoms with van der Waals surface area (Å²) in [6.07, 6.45) is 3.79. The number of carboxylic acids is 1. The van der Waals surface area contributed by atoms with Crippen LogP contribution in [0, 0.1) is 6.92 Å². The molecule has 0 unspecified atom stereocenters. The number of aromatic carboxylic acids is 1. The van der Waals surface area contributed by atoms with Crippen molar-refractivity contribution in [2.24, 2.45) is 0 Å². The highest BCUT2D eigenvalue weighted by Crippen LogP contribution is 2.44. The molecule has 0 radical (unpaired) electrons. The Hall–Kier alpha value is -3.98. The van der Waals surface area contributed by atoms with Gasteiger partial charge in [0.15, 0.2) is 5.78 Å². The van der Waals surface area contributed by atoms with Crippen molar-refractivity contribution in [2.75, 3.05) is 0 Å². The maximum atomic E-state index is 13.0. The van der Waals surface area contributed by atoms with Crippen LogP contribution in [0.2, 0.25) is 5.02 Å². The number of benzene rings is 2. The van der Waals surface area contributed by atoms with Gasteiger partial charge >= 0.3 is 5.97 Å². The van der Waals surface area contributed by atoms with Crippen LogP contribution < -0.4 is 0 Å². The van der Waals surface area contributed by atoms with Gasteiger partial charge in [0.05, 0.1) is 27.1 Å². The van der Waals surface area contributed by atoms with Crippen molar-refractivity contribution in [3.8, 4) is 33.0 Å². The van der Waals surface area contributed by atoms with Crippen LogP contribution >= 0.6 is 22.9 Å². The molecule has 0 amide bonds. The van der Waals surface area contributed by atoms with Crippen molar-refractivity contribution < 1.29 is 19.4 Å². The molecule has 0 aliphatic carbocycles. The van der Waals surface area contributed by atoms with Crippen LogP contribution in [-0.2, 0) is 9.53 Å². The summed E-state index contributed by atoms with van der Waals surface area (Å²) in [5, 5.41) is 10.8. The zero-order valence-electron chi connectivity index (χ0n) is 23.2. The van der Waals surface area contributed by atoms with Crippen molar-refractivity contribution >= 4 is 44.9 Å². The summed E-state index contributed by atoms with van der Waals surface area (Å²) in [6.45, 7) is 9.34. The number of carbonyl (C=O) groups excluding carboxylic acids is 1. The molecule has 41 heavy (non-hydrogen) atoms. The lowest BCUT2D eigenvalue weighted by Gasteiger charge is -2.29. The summed E-state index contributed by atoms with van der Waals surface area (Å²) < 4.78 is 7.25. The SMILES string of the molecule is CC(=O)[C@@H](OC(C)(C)C)c1c(C)cc2nc(-c3ccnc(-c4cncc(C(=O)O)c4)c3)sc2c1-c1ccc(Cl)cc1. The molecule has 0 fully saturated rings. The quantitative estimate of drug-likeness (QED) is 0.205. The van der Waals surface area contributed by atoms with Gasteiger partial charge in [-0.2, -0.15) is 0 Å². The zero-order valence-corrected chi connectivity index (χ0v) is 24.8. The van der Waals surface area contributed by atoms with E-state index < -0.39 is 17.7 Å². The molecule has 9 heteroatoms. The van der Waals surface area contributed by atoms with Crippen molar-refractivity contribution in [1.29, 1.82) is 0 Å². The fourth-order valence-electron chi connectivity index (χ4n) is 4.69. The molecule has 2 aromatic carbocycles. The molecule has 5 aromatic rings. The van der Waals surface area contributed by atoms with Gasteiger partial charge in [0.25, 0.3) is 0 Å². The third-order valence-corrected chi connectivity index (χ3v) is 7.84. The Labute approximate surface area is 246 Å². The molecule has 0 saturated heterocycles. The van der Waals surface area contributed by atoms with Gasteiger partial charge in [-0.15, -0.1) is 11.3 Å². The van der Waals surface area contributed by atoms with E-state index in [-0.39, 0.29) is 11.3 Å². The monoisotopic (exact) mass is 585 g/mol. The first-order chi connectivity index (χ1) is 19.4. The second-order valence-electron chi connectivity index (χ2n) is 10.8. The number of nitrogens with zero attached hydrogens (tertiary/aromatic N) is 3. The third-order valence-electron chi connectivity index (χ3n) is 6.45. The number of ketones is 1. The summed E-state index contributed by atoms with van der Waals surface area (Å²) in [6, 6.07) is 14.8. The number of hydrogen-bond acceptors (Lipinski definition) is 7. The fraction of sp³-hybridized carbons (Fsp3) is 0.219. The number of hydrogen-bond donors (Lipinski definition) is 1. The normalized spacial score (nSPS) is 12.4. The van der Waals surface area contributed by atoms with Crippen LogP contribution in [0.1, 0.15) is 55.3 Å². The van der Waals surface area contributed by atoms with Gasteiger partial charge < -0.3 is 9.84 Å². The maximum Gasteiger partial charge on any atom is 0.337 e. The van der Waals surface area contributed by atoms with Gasteiger partial charge in [0, 0.05) is 45.9 Å². The molecular weight excluding hydrogens is 558 g/mol. The molecule has 0 aliphatic rings. The van der Waals surface area contributed by atoms with Crippen LogP contribution in [-0.4, -0.2) is 37.4 Å². The standard InChI is InChI=1S/C32H28ClN3O4S/c1-17-12-25-29(27(19-6-8-23(33)9-7-19)26(17)28(18(2)37)40-32(3,4)5)41-30(36-25)20-10-11-35-24(14-20)21-13-22(31(38)39)16-34-15-21/h6-16,28H,1-5H3,(H,38,39)/t28-/m1/s1. The molecule has 0 aliphatic heterocycles. The van der Waals surface area contributed by atoms with E-state index in [2.05, 4.69) is 9.97 Å². The summed E-state index contributed by atoms with van der Waals surface area (Å²) in [5.74, 6) is -1.14. The van der Waals surface area contributed by atoms with E-state index in [1.807, 2.05) is 70.2 Å². The number of aryl methyl sites for hydroxylation is 1. The molecular formula is C32H28ClN3O4S. The topological polar surface area (TPSA) is 102 Å². The van der Waals surface area contributed by atoms with E-state index in [4.69, 9.17) is 21.3 Å². The molecule has 1 atom stereocenters. The van der Waals surface area contributed by atoms with Gasteiger partial charge in [-0.05, 0) is 82.1 Å². The Morgan fingerprint density at radius 2 is 1.73 bits per heavy atom. The highest BCUT2D eigenvalue weighted by Gasteiger charge is 2.30. The summed E-state index contributed by atoms with van der Waals surface area (Å²) >= 11 is 7.74. The van der Waals surface area contributed by atoms with Gasteiger partial charge in [-0.25, -0.2) is 9.78 Å². The smallest absolute Gasteiger partial charge is 0.337 e. The van der Waals surface area contributed by atoms with Gasteiger partial charge in [-0.3, -0.25) is 14.8 Å². The van der Waals surface area contributed by atoms with Crippen LogP contribution in [0.4, 0.5) is 0 Å². The largest absolute Gasteiger partial charge is 0.478 e. The first kappa shape index (κ1) is 28.5. The average molecular weight is 586 g/mol. The number of carbonyl (C=O) groups is 2. The lowest BCUT2D eigenvalue weighted by molar-refractivity contribution is -0.138. The minimum atomic E-state index is -1.05. The second-order valence-corrected chi connectivity index (χ2v) is 12.2. The van der Waals surface area contributed by atoms with Crippen LogP contribution in [0.5, 0.6) is 0 Å². The summed E-state index contributed by atoms with van der Waals surface area (Å²) in [4.78, 5) is 37.9. The summed E-state index contributed by atoms with van der Waals surface area (Å²) in [7, 11) is 0. The first-order valence-corrected chi connectivity index (χ1v) is 14.1. The number of pyridine rings is 2. The van der Waals surface area contributed by atoms with Crippen LogP contribution in [0.25, 0.3) is 43.2 Å². The van der Waals surface area contributed by atoms with Crippen molar-refractivity contribution in [3.63, 3.8) is 0 Å². The van der Waals surface area contributed by atoms with E-state index >= 15 is 0 Å². The third kappa shape index (κ3) is 6.05. The Bertz CT molecular complexity index is 1790. The van der Waals surface area contributed by atoms with E-state index in [0.717, 1.165) is 43.0 Å². The van der Waals surface area contributed by atoms with Crippen molar-refractivity contribution in [1.82, 2.24) is 15.0 Å². The number of Topliss-reactive ketones (excluding diaryl/α,β-unsaturated/α-hetero) is 1. The number of aromatic nitrogens is 3. The lowest BCUT2D eigenvalue weighted by atomic mass is 9.90. The molecule has 0 bridgehead atoms. The van der Waals surface area contributed by atoms with Crippen molar-refractivity contribution in [2.45, 2.75) is 46.3 Å². The number of ether oxygens (including phenoxy) is 1. The Balaban J connectivity index is 1.71. The number of carboxylic acid groups (broad SMARTS) is 1. The number of rotatable bonds is 7. The molecule has 0 spiro atoms. The molecule has 3 heterocycles. The van der Waals surface area contributed by atoms with Gasteiger partial charge in [0.2, 0.25) is 0 Å². The first-order valence-electron chi connectivity index (χ1n) is 12.9. The van der Waals surface area contributed by atoms with E-state index in [0.29, 0.717) is 16.3 Å². The second kappa shape index (κ2) is 11.1. The predicted molar refractivity (Wildman–Crippen MR) is 162 cm³/mol. The van der Waals surface area contributed by atoms with Crippen LogP contribution in [0.3, 0.4) is 0 Å². The highest BCUT2D eigenvalue weighted by atomic mass is 35.5. The molecule has 208 valence electrons. The van der Waals surface area contributed by atoms with E-state index in [1.54, 1.807) is 25.4 Å². The predicted octanol–water partition coefficient (Wildman–Crippen LogP) is 8.19. The summed E-state index contributed by atoms with van der Waals surface area (Å²) in [5.41, 5.74) is 5.84. The van der Waals surface area contributed by atoms with Crippen LogP contribution in [0.15, 0.2) is 67.1 Å². The Morgan fingerprint density at radius 1 is 1.00 bits per heavy atom. The highest BCUT2D eigenvalue weighted by molar-refractivity contribution is 7.22. The minimum absolute atomic E-state index is 0.0849. The molecule has 1 N–H and O–H groups in total. The zero-order chi connectivity index (χ0) is 29.5. The lowest BCUT2D eigenvalue weighted by Crippen LogP contribution is -2.27. The Morgan fingerprint density at radius 3 is 2.39 bits per heavy atom.